The second-order valence-corrected chi connectivity index (χ2v) is 10.1. The van der Waals surface area contributed by atoms with E-state index in [2.05, 4.69) is 0 Å². The number of alkyl halides is 6. The molecule has 6 nitrogen and oxygen atoms in total. The van der Waals surface area contributed by atoms with Crippen LogP contribution in [0.1, 0.15) is 25.7 Å². The van der Waals surface area contributed by atoms with Gasteiger partial charge in [0.05, 0.1) is 29.2 Å². The topological polar surface area (TPSA) is 101 Å². The number of carbonyl (C=O) groups is 3. The van der Waals surface area contributed by atoms with Crippen molar-refractivity contribution in [3.63, 3.8) is 0 Å². The number of ether oxygens (including phenoxy) is 1. The van der Waals surface area contributed by atoms with Crippen LogP contribution in [-0.2, 0) is 19.1 Å². The Morgan fingerprint density at radius 3 is 1.85 bits per heavy atom. The van der Waals surface area contributed by atoms with Crippen LogP contribution in [0.25, 0.3) is 0 Å². The summed E-state index contributed by atoms with van der Waals surface area (Å²) in [6, 6.07) is 0. The van der Waals surface area contributed by atoms with E-state index in [1.54, 1.807) is 0 Å². The zero-order valence-corrected chi connectivity index (χ0v) is 18.2. The maximum atomic E-state index is 12.6. The first kappa shape index (κ1) is 23.4. The molecule has 2 rings (SSSR count). The molecule has 27 heavy (non-hydrogen) atoms. The summed E-state index contributed by atoms with van der Waals surface area (Å²) in [6.07, 6.45) is 1.32. The Bertz CT molecular complexity index is 644. The molecule has 0 saturated heterocycles. The van der Waals surface area contributed by atoms with E-state index in [0.717, 1.165) is 0 Å². The lowest BCUT2D eigenvalue weighted by Gasteiger charge is -2.38. The minimum absolute atomic E-state index is 0.00325. The fraction of sp³-hybridized carbons (Fsp3) is 0.800. The van der Waals surface area contributed by atoms with Crippen LogP contribution >= 0.6 is 69.6 Å². The number of rotatable bonds is 8. The smallest absolute Gasteiger partial charge is 0.311 e. The van der Waals surface area contributed by atoms with Crippen molar-refractivity contribution in [3.05, 3.63) is 0 Å². The number of halogens is 6. The molecular formula is C15H16Cl6O6. The Hall–Kier alpha value is 0.150. The first-order valence-electron chi connectivity index (χ1n) is 8.00. The third-order valence-electron chi connectivity index (χ3n) is 5.06. The second kappa shape index (κ2) is 8.11. The highest BCUT2D eigenvalue weighted by molar-refractivity contribution is 6.63. The van der Waals surface area contributed by atoms with Gasteiger partial charge < -0.3 is 14.9 Å². The van der Waals surface area contributed by atoms with E-state index in [-0.39, 0.29) is 13.0 Å². The predicted octanol–water partition coefficient (Wildman–Crippen LogP) is 3.86. The fourth-order valence-corrected chi connectivity index (χ4v) is 7.07. The molecule has 2 fully saturated rings. The monoisotopic (exact) mass is 502 g/mol. The van der Waals surface area contributed by atoms with Crippen molar-refractivity contribution >= 4 is 87.5 Å². The van der Waals surface area contributed by atoms with E-state index in [1.807, 2.05) is 0 Å². The van der Waals surface area contributed by atoms with Crippen LogP contribution in [0, 0.1) is 11.8 Å². The minimum atomic E-state index is -2.10. The van der Waals surface area contributed by atoms with Crippen LogP contribution in [0.4, 0.5) is 0 Å². The molecule has 12 heteroatoms. The van der Waals surface area contributed by atoms with Gasteiger partial charge in [-0.2, -0.15) is 0 Å². The van der Waals surface area contributed by atoms with Crippen LogP contribution in [-0.4, -0.2) is 59.6 Å². The molecular weight excluding hydrogens is 489 g/mol. The van der Waals surface area contributed by atoms with Crippen molar-refractivity contribution in [1.29, 1.82) is 0 Å². The molecule has 0 spiro atoms. The summed E-state index contributed by atoms with van der Waals surface area (Å²) in [5.74, 6) is -6.43. The van der Waals surface area contributed by atoms with E-state index in [9.17, 15) is 19.5 Å². The van der Waals surface area contributed by atoms with E-state index in [4.69, 9.17) is 79.4 Å². The lowest BCUT2D eigenvalue weighted by Crippen LogP contribution is -2.55. The molecule has 2 aliphatic rings. The summed E-state index contributed by atoms with van der Waals surface area (Å²) in [5, 5.41) is 15.8. The van der Waals surface area contributed by atoms with Crippen molar-refractivity contribution in [2.24, 2.45) is 11.8 Å². The molecule has 6 unspecified atom stereocenters. The Morgan fingerprint density at radius 2 is 1.37 bits per heavy atom. The highest BCUT2D eigenvalue weighted by atomic mass is 35.5. The molecule has 2 bridgehead atoms. The molecule has 0 amide bonds. The summed E-state index contributed by atoms with van der Waals surface area (Å²) >= 11 is 38.0. The second-order valence-electron chi connectivity index (χ2n) is 6.58. The number of carboxylic acid groups (broad SMARTS) is 2. The minimum Gasteiger partial charge on any atom is -0.481 e. The van der Waals surface area contributed by atoms with Crippen molar-refractivity contribution < 1.29 is 29.3 Å². The lowest BCUT2D eigenvalue weighted by atomic mass is 9.78. The van der Waals surface area contributed by atoms with Gasteiger partial charge in [-0.15, -0.1) is 46.4 Å². The summed E-state index contributed by atoms with van der Waals surface area (Å²) in [5.41, 5.74) is 0. The van der Waals surface area contributed by atoms with Crippen molar-refractivity contribution in [1.82, 2.24) is 0 Å². The zero-order chi connectivity index (χ0) is 20.8. The summed E-state index contributed by atoms with van der Waals surface area (Å²) in [6.45, 7) is -0.0572. The van der Waals surface area contributed by atoms with Crippen LogP contribution in [0.15, 0.2) is 0 Å². The maximum absolute atomic E-state index is 12.6. The number of hydrogen-bond acceptors (Lipinski definition) is 4. The van der Waals surface area contributed by atoms with Gasteiger partial charge in [0.15, 0.2) is 4.33 Å². The maximum Gasteiger partial charge on any atom is 0.311 e. The number of fused-ring (bicyclic) bond motifs is 2. The quantitative estimate of drug-likeness (QED) is 0.296. The van der Waals surface area contributed by atoms with Crippen molar-refractivity contribution in [2.45, 2.75) is 50.5 Å². The normalized spacial score (nSPS) is 39.3. The van der Waals surface area contributed by atoms with Gasteiger partial charge in [-0.25, -0.2) is 0 Å². The number of carbonyl (C=O) groups excluding carboxylic acids is 1. The van der Waals surface area contributed by atoms with E-state index in [1.165, 1.54) is 0 Å². The van der Waals surface area contributed by atoms with Gasteiger partial charge in [-0.1, -0.05) is 23.2 Å². The van der Waals surface area contributed by atoms with Crippen molar-refractivity contribution in [3.8, 4) is 0 Å². The molecule has 0 aromatic rings. The van der Waals surface area contributed by atoms with Gasteiger partial charge >= 0.3 is 17.9 Å². The lowest BCUT2D eigenvalue weighted by molar-refractivity contribution is -0.159. The van der Waals surface area contributed by atoms with E-state index < -0.39 is 54.6 Å². The Morgan fingerprint density at radius 1 is 0.852 bits per heavy atom. The Balaban J connectivity index is 2.16. The van der Waals surface area contributed by atoms with Gasteiger partial charge in [-0.3, -0.25) is 14.4 Å². The third-order valence-corrected chi connectivity index (χ3v) is 9.75. The first-order chi connectivity index (χ1) is 12.3. The highest BCUT2D eigenvalue weighted by Gasteiger charge is 2.89. The van der Waals surface area contributed by atoms with E-state index >= 15 is 0 Å². The number of unbranched alkanes of at least 4 members (excludes halogenated alkanes) is 2. The summed E-state index contributed by atoms with van der Waals surface area (Å²) in [7, 11) is 0. The molecule has 2 N–H and O–H groups in total. The molecule has 0 heterocycles. The Labute approximate surface area is 185 Å². The van der Waals surface area contributed by atoms with Crippen LogP contribution in [0.2, 0.25) is 0 Å². The molecule has 2 saturated carbocycles. The van der Waals surface area contributed by atoms with Crippen LogP contribution < -0.4 is 0 Å². The third kappa shape index (κ3) is 3.38. The predicted molar refractivity (Wildman–Crippen MR) is 103 cm³/mol. The first-order valence-corrected chi connectivity index (χ1v) is 10.4. The SMILES string of the molecule is O=C(O)CCCCCOC(=O)C1C(C(=O)O)C2(Cl)C(Cl)C(Cl)C1(Cl)C2(Cl)Cl. The largest absolute Gasteiger partial charge is 0.481 e. The number of hydrogen-bond donors (Lipinski definition) is 2. The van der Waals surface area contributed by atoms with Crippen LogP contribution in [0.5, 0.6) is 0 Å². The molecule has 0 aliphatic heterocycles. The average molecular weight is 505 g/mol. The fourth-order valence-electron chi connectivity index (χ4n) is 3.73. The molecule has 0 aromatic carbocycles. The van der Waals surface area contributed by atoms with Gasteiger partial charge in [0, 0.05) is 6.42 Å². The molecule has 0 aromatic heterocycles. The van der Waals surface area contributed by atoms with Gasteiger partial charge in [0.2, 0.25) is 0 Å². The number of carboxylic acids is 2. The molecule has 6 atom stereocenters. The van der Waals surface area contributed by atoms with Gasteiger partial charge in [-0.05, 0) is 19.3 Å². The molecule has 154 valence electrons. The zero-order valence-electron chi connectivity index (χ0n) is 13.6. The molecule has 0 radical (unpaired) electrons. The number of esters is 1. The average Bonchev–Trinajstić information content (AvgIpc) is 2.77. The van der Waals surface area contributed by atoms with Crippen LogP contribution in [0.3, 0.4) is 0 Å². The van der Waals surface area contributed by atoms with E-state index in [0.29, 0.717) is 19.3 Å². The highest BCUT2D eigenvalue weighted by Crippen LogP contribution is 2.75. The Kier molecular flexibility index (Phi) is 7.04. The van der Waals surface area contributed by atoms with Crippen molar-refractivity contribution in [2.75, 3.05) is 6.61 Å². The number of aliphatic carboxylic acids is 2. The van der Waals surface area contributed by atoms with Gasteiger partial charge in [0.25, 0.3) is 0 Å². The summed E-state index contributed by atoms with van der Waals surface area (Å²) < 4.78 is 3.04. The van der Waals surface area contributed by atoms with Gasteiger partial charge in [0.1, 0.15) is 9.75 Å². The summed E-state index contributed by atoms with van der Waals surface area (Å²) in [4.78, 5) is 31.0. The standard InChI is InChI=1S/C15H16Cl6O6/c16-9-10(17)14(19)8(7(11(24)25)13(9,18)15(14,20)21)12(26)27-5-3-1-2-4-6(22)23/h7-10H,1-5H2,(H,22,23)(H,24,25). The molecule has 2 aliphatic carbocycles.